The highest BCUT2D eigenvalue weighted by molar-refractivity contribution is 5.83. The highest BCUT2D eigenvalue weighted by Gasteiger charge is 2.39. The van der Waals surface area contributed by atoms with Gasteiger partial charge in [-0.15, -0.1) is 0 Å². The molecule has 1 aromatic rings. The van der Waals surface area contributed by atoms with Gasteiger partial charge in [-0.05, 0) is 31.2 Å². The Kier molecular flexibility index (Phi) is 3.60. The molecule has 1 aromatic heterocycles. The minimum atomic E-state index is -0.0926. The van der Waals surface area contributed by atoms with Crippen molar-refractivity contribution in [1.82, 2.24) is 9.78 Å². The third-order valence-corrected chi connectivity index (χ3v) is 4.46. The third-order valence-electron chi connectivity index (χ3n) is 4.46. The molecular formula is C15H24N2O. The molecule has 1 saturated carbocycles. The maximum atomic E-state index is 12.3. The van der Waals surface area contributed by atoms with E-state index in [1.807, 2.05) is 10.9 Å². The van der Waals surface area contributed by atoms with E-state index in [1.165, 1.54) is 12.0 Å². The summed E-state index contributed by atoms with van der Waals surface area (Å²) in [4.78, 5) is 12.3. The van der Waals surface area contributed by atoms with Gasteiger partial charge < -0.3 is 0 Å². The van der Waals surface area contributed by atoms with E-state index in [4.69, 9.17) is 0 Å². The average Bonchev–Trinajstić information content (AvgIpc) is 2.77. The summed E-state index contributed by atoms with van der Waals surface area (Å²) in [7, 11) is 0. The lowest BCUT2D eigenvalue weighted by atomic mass is 9.66. The molecule has 100 valence electrons. The number of carbonyl (C=O) groups excluding carboxylic acids is 1. The molecule has 3 heteroatoms. The second kappa shape index (κ2) is 4.87. The smallest absolute Gasteiger partial charge is 0.137 e. The number of ketones is 1. The van der Waals surface area contributed by atoms with Gasteiger partial charge in [-0.25, -0.2) is 0 Å². The van der Waals surface area contributed by atoms with E-state index in [9.17, 15) is 4.79 Å². The van der Waals surface area contributed by atoms with Crippen molar-refractivity contribution in [3.63, 3.8) is 0 Å². The van der Waals surface area contributed by atoms with Crippen molar-refractivity contribution in [2.24, 2.45) is 11.8 Å². The Labute approximate surface area is 110 Å². The molecule has 1 aliphatic rings. The van der Waals surface area contributed by atoms with Crippen molar-refractivity contribution in [2.75, 3.05) is 0 Å². The van der Waals surface area contributed by atoms with Crippen molar-refractivity contribution >= 4 is 5.78 Å². The first-order valence-corrected chi connectivity index (χ1v) is 7.00. The van der Waals surface area contributed by atoms with Crippen LogP contribution in [0.3, 0.4) is 0 Å². The van der Waals surface area contributed by atoms with Crippen molar-refractivity contribution in [3.8, 4) is 0 Å². The number of hydrogen-bond donors (Lipinski definition) is 0. The van der Waals surface area contributed by atoms with Crippen LogP contribution in [0.4, 0.5) is 0 Å². The van der Waals surface area contributed by atoms with E-state index in [1.54, 1.807) is 0 Å². The number of rotatable bonds is 3. The molecule has 0 bridgehead atoms. The highest BCUT2D eigenvalue weighted by atomic mass is 16.1. The standard InChI is InChI=1S/C15H24N2O/c1-5-17-10-12(9-16-17)15(3,4)13-7-6-11(2)8-14(13)18/h9-11,13H,5-8H2,1-4H3. The molecule has 3 nitrogen and oxygen atoms in total. The SMILES string of the molecule is CCn1cc(C(C)(C)C2CCC(C)CC2=O)cn1. The van der Waals surface area contributed by atoms with Gasteiger partial charge in [0.25, 0.3) is 0 Å². The van der Waals surface area contributed by atoms with Crippen molar-refractivity contribution in [1.29, 1.82) is 0 Å². The van der Waals surface area contributed by atoms with Gasteiger partial charge in [0.1, 0.15) is 5.78 Å². The molecule has 0 spiro atoms. The molecule has 1 heterocycles. The van der Waals surface area contributed by atoms with E-state index in [0.29, 0.717) is 11.7 Å². The van der Waals surface area contributed by atoms with E-state index in [0.717, 1.165) is 19.4 Å². The van der Waals surface area contributed by atoms with Crippen LogP contribution in [0.15, 0.2) is 12.4 Å². The van der Waals surface area contributed by atoms with Gasteiger partial charge in [-0.2, -0.15) is 5.10 Å². The zero-order valence-electron chi connectivity index (χ0n) is 11.9. The molecule has 0 radical (unpaired) electrons. The normalized spacial score (nSPS) is 25.4. The molecule has 1 fully saturated rings. The fourth-order valence-electron chi connectivity index (χ4n) is 3.03. The fourth-order valence-corrected chi connectivity index (χ4v) is 3.03. The van der Waals surface area contributed by atoms with Crippen LogP contribution in [0, 0.1) is 11.8 Å². The van der Waals surface area contributed by atoms with E-state index >= 15 is 0 Å². The topological polar surface area (TPSA) is 34.9 Å². The molecule has 0 N–H and O–H groups in total. The van der Waals surface area contributed by atoms with E-state index in [-0.39, 0.29) is 11.3 Å². The largest absolute Gasteiger partial charge is 0.299 e. The van der Waals surface area contributed by atoms with Crippen LogP contribution in [-0.4, -0.2) is 15.6 Å². The Hall–Kier alpha value is -1.12. The monoisotopic (exact) mass is 248 g/mol. The lowest BCUT2D eigenvalue weighted by molar-refractivity contribution is -0.128. The molecule has 0 aliphatic heterocycles. The first-order valence-electron chi connectivity index (χ1n) is 7.00. The van der Waals surface area contributed by atoms with Crippen LogP contribution >= 0.6 is 0 Å². The first kappa shape index (κ1) is 13.3. The van der Waals surface area contributed by atoms with Crippen LogP contribution in [0.2, 0.25) is 0 Å². The molecular weight excluding hydrogens is 224 g/mol. The van der Waals surface area contributed by atoms with Crippen molar-refractivity contribution in [3.05, 3.63) is 18.0 Å². The van der Waals surface area contributed by atoms with Gasteiger partial charge in [0.2, 0.25) is 0 Å². The zero-order chi connectivity index (χ0) is 13.3. The molecule has 2 rings (SSSR count). The summed E-state index contributed by atoms with van der Waals surface area (Å²) < 4.78 is 1.94. The molecule has 2 unspecified atom stereocenters. The van der Waals surface area contributed by atoms with Gasteiger partial charge in [-0.3, -0.25) is 9.48 Å². The summed E-state index contributed by atoms with van der Waals surface area (Å²) in [5.41, 5.74) is 1.10. The van der Waals surface area contributed by atoms with Gasteiger partial charge in [-0.1, -0.05) is 20.8 Å². The van der Waals surface area contributed by atoms with Crippen LogP contribution < -0.4 is 0 Å². The Bertz CT molecular complexity index is 433. The second-order valence-corrected chi connectivity index (χ2v) is 6.21. The number of aryl methyl sites for hydroxylation is 1. The summed E-state index contributed by atoms with van der Waals surface area (Å²) in [5, 5.41) is 4.34. The van der Waals surface area contributed by atoms with E-state index in [2.05, 4.69) is 39.0 Å². The highest BCUT2D eigenvalue weighted by Crippen LogP contribution is 2.40. The lowest BCUT2D eigenvalue weighted by Gasteiger charge is -2.36. The second-order valence-electron chi connectivity index (χ2n) is 6.21. The summed E-state index contributed by atoms with van der Waals surface area (Å²) >= 11 is 0. The molecule has 0 amide bonds. The van der Waals surface area contributed by atoms with Crippen molar-refractivity contribution in [2.45, 2.75) is 58.9 Å². The first-order chi connectivity index (χ1) is 8.45. The Morgan fingerprint density at radius 3 is 2.72 bits per heavy atom. The molecule has 0 saturated heterocycles. The summed E-state index contributed by atoms with van der Waals surface area (Å²) in [5.74, 6) is 1.15. The van der Waals surface area contributed by atoms with Crippen molar-refractivity contribution < 1.29 is 4.79 Å². The molecule has 2 atom stereocenters. The van der Waals surface area contributed by atoms with Crippen LogP contribution in [-0.2, 0) is 16.8 Å². The number of Topliss-reactive ketones (excluding diaryl/α,β-unsaturated/α-hetero) is 1. The maximum absolute atomic E-state index is 12.3. The summed E-state index contributed by atoms with van der Waals surface area (Å²) in [6, 6.07) is 0. The number of nitrogens with zero attached hydrogens (tertiary/aromatic N) is 2. The van der Waals surface area contributed by atoms with Gasteiger partial charge in [0.15, 0.2) is 0 Å². The lowest BCUT2D eigenvalue weighted by Crippen LogP contribution is -2.38. The van der Waals surface area contributed by atoms with Crippen LogP contribution in [0.1, 0.15) is 52.5 Å². The number of aromatic nitrogens is 2. The fraction of sp³-hybridized carbons (Fsp3) is 0.733. The maximum Gasteiger partial charge on any atom is 0.137 e. The van der Waals surface area contributed by atoms with Gasteiger partial charge in [0, 0.05) is 30.5 Å². The molecule has 0 aromatic carbocycles. The summed E-state index contributed by atoms with van der Waals surface area (Å²) in [6.45, 7) is 9.50. The average molecular weight is 248 g/mol. The van der Waals surface area contributed by atoms with Crippen LogP contribution in [0.5, 0.6) is 0 Å². The van der Waals surface area contributed by atoms with Gasteiger partial charge >= 0.3 is 0 Å². The van der Waals surface area contributed by atoms with E-state index < -0.39 is 0 Å². The zero-order valence-corrected chi connectivity index (χ0v) is 11.9. The predicted molar refractivity (Wildman–Crippen MR) is 72.4 cm³/mol. The molecule has 18 heavy (non-hydrogen) atoms. The number of hydrogen-bond acceptors (Lipinski definition) is 2. The number of carbonyl (C=O) groups is 1. The minimum absolute atomic E-state index is 0.0926. The quantitative estimate of drug-likeness (QED) is 0.823. The predicted octanol–water partition coefficient (Wildman–Crippen LogP) is 3.19. The summed E-state index contributed by atoms with van der Waals surface area (Å²) in [6.07, 6.45) is 6.95. The third kappa shape index (κ3) is 2.36. The van der Waals surface area contributed by atoms with Gasteiger partial charge in [0.05, 0.1) is 6.20 Å². The Morgan fingerprint density at radius 1 is 1.44 bits per heavy atom. The Morgan fingerprint density at radius 2 is 2.17 bits per heavy atom. The Balaban J connectivity index is 2.22. The minimum Gasteiger partial charge on any atom is -0.299 e. The van der Waals surface area contributed by atoms with Crippen LogP contribution in [0.25, 0.3) is 0 Å². The molecule has 1 aliphatic carbocycles.